The molecule has 2 N–H and O–H groups in total. The smallest absolute Gasteiger partial charge is 0.274 e. The zero-order valence-corrected chi connectivity index (χ0v) is 15.9. The summed E-state index contributed by atoms with van der Waals surface area (Å²) in [5, 5.41) is 6.64. The largest absolute Gasteiger partial charge is 0.494 e. The van der Waals surface area contributed by atoms with Crippen LogP contribution in [-0.4, -0.2) is 17.5 Å². The van der Waals surface area contributed by atoms with Crippen LogP contribution in [0.1, 0.15) is 23.0 Å². The van der Waals surface area contributed by atoms with E-state index < -0.39 is 0 Å². The van der Waals surface area contributed by atoms with Gasteiger partial charge in [-0.1, -0.05) is 17.7 Å². The highest BCUT2D eigenvalue weighted by Crippen LogP contribution is 2.22. The van der Waals surface area contributed by atoms with Gasteiger partial charge in [0.15, 0.2) is 0 Å². The third kappa shape index (κ3) is 4.99. The topological polar surface area (TPSA) is 63.2 Å². The van der Waals surface area contributed by atoms with E-state index in [4.69, 9.17) is 16.3 Å². The van der Waals surface area contributed by atoms with Gasteiger partial charge in [0.25, 0.3) is 5.91 Å². The zero-order valence-electron chi connectivity index (χ0n) is 15.1. The average molecular weight is 382 g/mol. The Hall–Kier alpha value is -3.05. The molecule has 138 valence electrons. The molecule has 0 aliphatic carbocycles. The van der Waals surface area contributed by atoms with Crippen molar-refractivity contribution in [3.8, 4) is 5.75 Å². The van der Waals surface area contributed by atoms with E-state index >= 15 is 0 Å². The lowest BCUT2D eigenvalue weighted by molar-refractivity contribution is 0.102. The maximum atomic E-state index is 12.3. The highest BCUT2D eigenvalue weighted by Gasteiger charge is 2.09. The molecule has 1 heterocycles. The van der Waals surface area contributed by atoms with Crippen molar-refractivity contribution in [1.29, 1.82) is 0 Å². The van der Waals surface area contributed by atoms with Gasteiger partial charge in [-0.2, -0.15) is 0 Å². The quantitative estimate of drug-likeness (QED) is 0.597. The minimum atomic E-state index is -0.289. The van der Waals surface area contributed by atoms with E-state index in [0.717, 1.165) is 22.7 Å². The van der Waals surface area contributed by atoms with Crippen LogP contribution in [-0.2, 0) is 0 Å². The number of nitrogens with one attached hydrogen (secondary N) is 2. The Bertz CT molecular complexity index is 925. The molecule has 3 aromatic rings. The molecule has 1 amide bonds. The molecule has 3 rings (SSSR count). The normalized spacial score (nSPS) is 10.3. The summed E-state index contributed by atoms with van der Waals surface area (Å²) in [5.74, 6) is 0.534. The Kier molecular flexibility index (Phi) is 5.94. The lowest BCUT2D eigenvalue weighted by Gasteiger charge is -2.09. The van der Waals surface area contributed by atoms with Crippen LogP contribution in [0.15, 0.2) is 60.8 Å². The second-order valence-electron chi connectivity index (χ2n) is 5.93. The van der Waals surface area contributed by atoms with E-state index in [1.807, 2.05) is 44.2 Å². The number of carbonyl (C=O) groups is 1. The first-order valence-corrected chi connectivity index (χ1v) is 8.96. The minimum Gasteiger partial charge on any atom is -0.494 e. The fourth-order valence-electron chi connectivity index (χ4n) is 2.44. The maximum absolute atomic E-state index is 12.3. The molecule has 0 bridgehead atoms. The lowest BCUT2D eigenvalue weighted by Crippen LogP contribution is -2.13. The Morgan fingerprint density at radius 2 is 1.74 bits per heavy atom. The number of aryl methyl sites for hydroxylation is 1. The lowest BCUT2D eigenvalue weighted by atomic mass is 10.2. The van der Waals surface area contributed by atoms with Crippen LogP contribution in [0.2, 0.25) is 5.02 Å². The SMILES string of the molecule is CCOc1ccc(Nc2ccc(C(=O)Nc3ccc(C)c(Cl)c3)nc2)cc1. The highest BCUT2D eigenvalue weighted by molar-refractivity contribution is 6.31. The number of aromatic nitrogens is 1. The van der Waals surface area contributed by atoms with Crippen molar-refractivity contribution in [3.05, 3.63) is 77.1 Å². The molecule has 0 atom stereocenters. The standard InChI is InChI=1S/C21H20ClN3O2/c1-3-27-18-9-6-15(7-10-18)24-17-8-11-20(23-13-17)21(26)25-16-5-4-14(2)19(22)12-16/h4-13,24H,3H2,1-2H3,(H,25,26). The van der Waals surface area contributed by atoms with Crippen molar-refractivity contribution in [1.82, 2.24) is 4.98 Å². The summed E-state index contributed by atoms with van der Waals surface area (Å²) in [6.45, 7) is 4.49. The first-order chi connectivity index (χ1) is 13.0. The van der Waals surface area contributed by atoms with Gasteiger partial charge >= 0.3 is 0 Å². The molecule has 0 aliphatic heterocycles. The number of pyridine rings is 1. The molecular weight excluding hydrogens is 362 g/mol. The van der Waals surface area contributed by atoms with Crippen LogP contribution in [0.3, 0.4) is 0 Å². The Labute approximate surface area is 163 Å². The molecule has 0 fully saturated rings. The van der Waals surface area contributed by atoms with Crippen molar-refractivity contribution in [3.63, 3.8) is 0 Å². The minimum absolute atomic E-state index is 0.289. The molecule has 1 aromatic heterocycles. The zero-order chi connectivity index (χ0) is 19.2. The van der Waals surface area contributed by atoms with E-state index in [2.05, 4.69) is 15.6 Å². The summed E-state index contributed by atoms with van der Waals surface area (Å²) in [6.07, 6.45) is 1.62. The van der Waals surface area contributed by atoms with Gasteiger partial charge in [0.1, 0.15) is 11.4 Å². The second kappa shape index (κ2) is 8.56. The number of amides is 1. The number of benzene rings is 2. The number of hydrogen-bond acceptors (Lipinski definition) is 4. The van der Waals surface area contributed by atoms with Crippen LogP contribution < -0.4 is 15.4 Å². The van der Waals surface area contributed by atoms with Crippen molar-refractivity contribution >= 4 is 34.6 Å². The molecule has 0 aliphatic rings. The van der Waals surface area contributed by atoms with E-state index in [0.29, 0.717) is 23.0 Å². The summed E-state index contributed by atoms with van der Waals surface area (Å²) in [4.78, 5) is 16.6. The second-order valence-corrected chi connectivity index (χ2v) is 6.34. The molecule has 0 unspecified atom stereocenters. The molecule has 5 nitrogen and oxygen atoms in total. The molecule has 0 spiro atoms. The van der Waals surface area contributed by atoms with Crippen molar-refractivity contribution < 1.29 is 9.53 Å². The predicted octanol–water partition coefficient (Wildman–Crippen LogP) is 5.44. The van der Waals surface area contributed by atoms with Gasteiger partial charge in [0, 0.05) is 16.4 Å². The van der Waals surface area contributed by atoms with Crippen molar-refractivity contribution in [2.75, 3.05) is 17.2 Å². The van der Waals surface area contributed by atoms with Gasteiger partial charge in [-0.15, -0.1) is 0 Å². The van der Waals surface area contributed by atoms with E-state index in [9.17, 15) is 4.79 Å². The highest BCUT2D eigenvalue weighted by atomic mass is 35.5. The monoisotopic (exact) mass is 381 g/mol. The molecular formula is C21H20ClN3O2. The fraction of sp³-hybridized carbons (Fsp3) is 0.143. The number of carbonyl (C=O) groups excluding carboxylic acids is 1. The third-order valence-electron chi connectivity index (χ3n) is 3.88. The Morgan fingerprint density at radius 1 is 1.04 bits per heavy atom. The fourth-order valence-corrected chi connectivity index (χ4v) is 2.62. The van der Waals surface area contributed by atoms with Crippen LogP contribution in [0.25, 0.3) is 0 Å². The van der Waals surface area contributed by atoms with E-state index in [1.165, 1.54) is 0 Å². The van der Waals surface area contributed by atoms with Crippen molar-refractivity contribution in [2.24, 2.45) is 0 Å². The summed E-state index contributed by atoms with van der Waals surface area (Å²) in [6, 6.07) is 16.5. The number of rotatable bonds is 6. The third-order valence-corrected chi connectivity index (χ3v) is 4.29. The predicted molar refractivity (Wildman–Crippen MR) is 109 cm³/mol. The number of hydrogen-bond donors (Lipinski definition) is 2. The Morgan fingerprint density at radius 3 is 2.37 bits per heavy atom. The molecule has 0 radical (unpaired) electrons. The van der Waals surface area contributed by atoms with Gasteiger partial charge in [-0.05, 0) is 67.9 Å². The van der Waals surface area contributed by atoms with Gasteiger partial charge in [-0.25, -0.2) is 4.98 Å². The first-order valence-electron chi connectivity index (χ1n) is 8.58. The molecule has 0 saturated carbocycles. The maximum Gasteiger partial charge on any atom is 0.274 e. The van der Waals surface area contributed by atoms with E-state index in [-0.39, 0.29) is 5.91 Å². The number of halogens is 1. The van der Waals surface area contributed by atoms with Gasteiger partial charge in [-0.3, -0.25) is 4.79 Å². The van der Waals surface area contributed by atoms with Crippen LogP contribution >= 0.6 is 11.6 Å². The van der Waals surface area contributed by atoms with Crippen LogP contribution in [0.5, 0.6) is 5.75 Å². The first kappa shape index (κ1) is 18.7. The summed E-state index contributed by atoms with van der Waals surface area (Å²) in [5.41, 5.74) is 3.61. The van der Waals surface area contributed by atoms with Gasteiger partial charge in [0.05, 0.1) is 18.5 Å². The molecule has 2 aromatic carbocycles. The number of nitrogens with zero attached hydrogens (tertiary/aromatic N) is 1. The van der Waals surface area contributed by atoms with Gasteiger partial charge < -0.3 is 15.4 Å². The summed E-state index contributed by atoms with van der Waals surface area (Å²) < 4.78 is 5.42. The van der Waals surface area contributed by atoms with E-state index in [1.54, 1.807) is 30.5 Å². The Balaban J connectivity index is 1.63. The average Bonchev–Trinajstić information content (AvgIpc) is 2.67. The molecule has 0 saturated heterocycles. The summed E-state index contributed by atoms with van der Waals surface area (Å²) >= 11 is 6.09. The summed E-state index contributed by atoms with van der Waals surface area (Å²) in [7, 11) is 0. The number of anilines is 3. The number of ether oxygens (including phenoxy) is 1. The van der Waals surface area contributed by atoms with Gasteiger partial charge in [0.2, 0.25) is 0 Å². The molecule has 6 heteroatoms. The molecule has 27 heavy (non-hydrogen) atoms. The van der Waals surface area contributed by atoms with Crippen molar-refractivity contribution in [2.45, 2.75) is 13.8 Å². The van der Waals surface area contributed by atoms with Crippen LogP contribution in [0, 0.1) is 6.92 Å². The van der Waals surface area contributed by atoms with Crippen LogP contribution in [0.4, 0.5) is 17.1 Å².